The van der Waals surface area contributed by atoms with Crippen LogP contribution in [0.25, 0.3) is 121 Å². The molecule has 0 aliphatic carbocycles. The van der Waals surface area contributed by atoms with Crippen molar-refractivity contribution >= 4 is 145 Å². The fraction of sp³-hybridized carbons (Fsp3) is 0.264. The zero-order chi connectivity index (χ0) is 79.0. The van der Waals surface area contributed by atoms with Gasteiger partial charge in [-0.25, -0.2) is 0 Å². The summed E-state index contributed by atoms with van der Waals surface area (Å²) in [5.74, 6) is 0. The minimum atomic E-state index is -0.379. The molecular weight excluding hydrogens is 1370 g/mol. The second kappa shape index (κ2) is 24.6. The van der Waals surface area contributed by atoms with E-state index in [-0.39, 0.29) is 44.6 Å². The maximum absolute atomic E-state index is 7.47. The average Bonchev–Trinajstić information content (AvgIpc) is 1.58. The lowest BCUT2D eigenvalue weighted by atomic mass is 9.33. The second-order valence-electron chi connectivity index (χ2n) is 39.8. The van der Waals surface area contributed by atoms with Crippen molar-refractivity contribution in [1.29, 1.82) is 0 Å². The number of aromatic nitrogens is 2. The Morgan fingerprint density at radius 3 is 0.903 bits per heavy atom. The molecule has 0 saturated carbocycles. The maximum atomic E-state index is 7.47. The van der Waals surface area contributed by atoms with Gasteiger partial charge in [0.05, 0.1) is 44.2 Å². The fourth-order valence-electron chi connectivity index (χ4n) is 18.6. The molecule has 0 saturated heterocycles. The highest BCUT2D eigenvalue weighted by Gasteiger charge is 2.47. The summed E-state index contributed by atoms with van der Waals surface area (Å²) in [6.07, 6.45) is 0. The number of anilines is 6. The molecule has 0 spiro atoms. The molecule has 562 valence electrons. The summed E-state index contributed by atoms with van der Waals surface area (Å²) in [7, 11) is 0. The van der Waals surface area contributed by atoms with Crippen LogP contribution >= 0.6 is 0 Å². The minimum absolute atomic E-state index is 0.0734. The first-order chi connectivity index (χ1) is 53.5. The highest BCUT2D eigenvalue weighted by Crippen LogP contribution is 2.58. The predicted octanol–water partition coefficient (Wildman–Crippen LogP) is 28.2. The van der Waals surface area contributed by atoms with Gasteiger partial charge in [0.1, 0.15) is 22.3 Å². The Balaban J connectivity index is 1.01. The highest BCUT2D eigenvalue weighted by atomic mass is 16.3. The van der Waals surface area contributed by atoms with Crippen molar-refractivity contribution in [3.05, 3.63) is 282 Å². The van der Waals surface area contributed by atoms with E-state index < -0.39 is 0 Å². The quantitative estimate of drug-likeness (QED) is 0.156. The van der Waals surface area contributed by atoms with E-state index in [4.69, 9.17) is 8.83 Å². The zero-order valence-corrected chi connectivity index (χ0v) is 69.8. The number of furan rings is 2. The molecule has 6 heterocycles. The van der Waals surface area contributed by atoms with Gasteiger partial charge in [0.25, 0.3) is 6.71 Å². The van der Waals surface area contributed by atoms with Gasteiger partial charge >= 0.3 is 0 Å². The number of hydrogen-bond acceptors (Lipinski definition) is 4. The van der Waals surface area contributed by atoms with Crippen molar-refractivity contribution in [1.82, 2.24) is 9.13 Å². The second-order valence-corrected chi connectivity index (χ2v) is 39.8. The SMILES string of the molecule is CC(C)(C)c1cc2c3c(c1)N(c1c(-c4ccccc4)cc(C(C)(C)C)c4oc5ccccc5c14)c1cc(-n4c5ccc(C(C)(C)C)cc5c5cc(C(C)(C)C)ccc54)ccc1B3c1ccc(-n3c4ccc(C(C)(C)C)cc4c4cc(C(C)(C)C)ccc43)cc1N2c1c(-c2ccccc2)cc(C(C)(C)C)c2oc3ccccc3c12. The van der Waals surface area contributed by atoms with E-state index in [0.29, 0.717) is 0 Å². The summed E-state index contributed by atoms with van der Waals surface area (Å²) in [6.45, 7) is 48.9. The van der Waals surface area contributed by atoms with Gasteiger partial charge in [-0.2, -0.15) is 0 Å². The first-order valence-electron chi connectivity index (χ1n) is 40.8. The van der Waals surface area contributed by atoms with Crippen LogP contribution in [0.4, 0.5) is 34.1 Å². The van der Waals surface area contributed by atoms with Crippen LogP contribution < -0.4 is 26.2 Å². The molecule has 0 amide bonds. The third-order valence-electron chi connectivity index (χ3n) is 24.9. The number of hydrogen-bond donors (Lipinski definition) is 0. The lowest BCUT2D eigenvalue weighted by molar-refractivity contribution is 0.572. The number of para-hydroxylation sites is 2. The molecule has 0 unspecified atom stereocenters. The molecule has 7 heteroatoms. The van der Waals surface area contributed by atoms with E-state index in [1.54, 1.807) is 0 Å². The molecular formula is C106H103BN4O2. The molecule has 6 nitrogen and oxygen atoms in total. The lowest BCUT2D eigenvalue weighted by Gasteiger charge is -2.46. The molecule has 2 aliphatic heterocycles. The Hall–Kier alpha value is -11.3. The molecule has 0 radical (unpaired) electrons. The van der Waals surface area contributed by atoms with Crippen LogP contribution in [-0.4, -0.2) is 15.8 Å². The summed E-state index contributed by atoms with van der Waals surface area (Å²) in [5, 5.41) is 9.33. The van der Waals surface area contributed by atoms with Crippen LogP contribution in [0.2, 0.25) is 0 Å². The van der Waals surface area contributed by atoms with Gasteiger partial charge < -0.3 is 27.8 Å². The van der Waals surface area contributed by atoms with Crippen LogP contribution in [0.1, 0.15) is 184 Å². The van der Waals surface area contributed by atoms with E-state index in [1.165, 1.54) is 87.8 Å². The van der Waals surface area contributed by atoms with E-state index in [0.717, 1.165) is 123 Å². The number of rotatable bonds is 6. The predicted molar refractivity (Wildman–Crippen MR) is 485 cm³/mol. The number of fused-ring (bicyclic) bond motifs is 16. The number of nitrogens with zero attached hydrogens (tertiary/aromatic N) is 4. The summed E-state index contributed by atoms with van der Waals surface area (Å²) in [5.41, 5.74) is 32.6. The molecule has 113 heavy (non-hydrogen) atoms. The Morgan fingerprint density at radius 2 is 0.584 bits per heavy atom. The average molecular weight is 1480 g/mol. The van der Waals surface area contributed by atoms with Gasteiger partial charge in [-0.15, -0.1) is 0 Å². The largest absolute Gasteiger partial charge is 0.456 e. The van der Waals surface area contributed by atoms with E-state index in [1.807, 2.05) is 0 Å². The normalized spacial score (nSPS) is 13.8. The smallest absolute Gasteiger partial charge is 0.252 e. The summed E-state index contributed by atoms with van der Waals surface area (Å²) >= 11 is 0. The topological polar surface area (TPSA) is 42.6 Å². The Labute approximate surface area is 666 Å². The molecule has 0 fully saturated rings. The molecule has 17 aromatic rings. The molecule has 19 rings (SSSR count). The van der Waals surface area contributed by atoms with Crippen LogP contribution in [0.5, 0.6) is 0 Å². The highest BCUT2D eigenvalue weighted by molar-refractivity contribution is 7.00. The first-order valence-corrected chi connectivity index (χ1v) is 40.8. The summed E-state index contributed by atoms with van der Waals surface area (Å²) < 4.78 is 20.1. The summed E-state index contributed by atoms with van der Waals surface area (Å²) in [6, 6.07) is 94.0. The zero-order valence-electron chi connectivity index (χ0n) is 69.8. The van der Waals surface area contributed by atoms with Crippen LogP contribution in [-0.2, 0) is 37.9 Å². The molecule has 0 N–H and O–H groups in total. The Bertz CT molecular complexity index is 6300. The third-order valence-corrected chi connectivity index (χ3v) is 24.9. The van der Waals surface area contributed by atoms with Gasteiger partial charge in [-0.1, -0.05) is 279 Å². The molecule has 4 aromatic heterocycles. The lowest BCUT2D eigenvalue weighted by Crippen LogP contribution is -2.61. The Morgan fingerprint density at radius 1 is 0.265 bits per heavy atom. The van der Waals surface area contributed by atoms with E-state index >= 15 is 0 Å². The monoisotopic (exact) mass is 1470 g/mol. The standard InChI is InChI=1S/C106H103BN4O2/c1-100(2,3)64-40-48-83-75(52-64)76-53-65(101(4,5)6)41-49-84(76)108(83)69-44-46-81-87(58-69)110(96-73(62-32-24-22-25-33-62)60-79(105(16,17)18)98-93(96)71-36-28-30-38-91(71)112-98)89-56-68(104(13,14)15)57-90-95(89)107(81)82-47-45-70(109-85-50-42-66(102(7,8)9)54-77(85)78-55-67(103(10,11)12)43-51-86(78)109)59-88(82)111(90)97-74(63-34-26-23-27-35-63)61-80(106(19,20)21)99-94(97)72-37-29-31-39-92(72)113-99/h22-61H,1-21H3. The first kappa shape index (κ1) is 72.0. The van der Waals surface area contributed by atoms with Crippen LogP contribution in [0, 0.1) is 0 Å². The van der Waals surface area contributed by atoms with Crippen LogP contribution in [0.15, 0.2) is 251 Å². The molecule has 0 atom stereocenters. The minimum Gasteiger partial charge on any atom is -0.456 e. The van der Waals surface area contributed by atoms with Crippen molar-refractivity contribution in [2.75, 3.05) is 9.80 Å². The Kier molecular flexibility index (Phi) is 15.7. The maximum Gasteiger partial charge on any atom is 0.252 e. The third kappa shape index (κ3) is 11.3. The van der Waals surface area contributed by atoms with Crippen LogP contribution in [0.3, 0.4) is 0 Å². The van der Waals surface area contributed by atoms with Crippen molar-refractivity contribution in [2.45, 2.75) is 183 Å². The number of benzene rings is 13. The van der Waals surface area contributed by atoms with Crippen molar-refractivity contribution in [3.8, 4) is 33.6 Å². The fourth-order valence-corrected chi connectivity index (χ4v) is 18.6. The van der Waals surface area contributed by atoms with Gasteiger partial charge in [0.15, 0.2) is 0 Å². The van der Waals surface area contributed by atoms with Crippen molar-refractivity contribution in [2.24, 2.45) is 0 Å². The van der Waals surface area contributed by atoms with Crippen molar-refractivity contribution < 1.29 is 8.83 Å². The molecule has 2 aliphatic rings. The van der Waals surface area contributed by atoms with Crippen molar-refractivity contribution in [3.63, 3.8) is 0 Å². The summed E-state index contributed by atoms with van der Waals surface area (Å²) in [4.78, 5) is 5.45. The van der Waals surface area contributed by atoms with E-state index in [2.05, 4.69) is 407 Å². The molecule has 0 bridgehead atoms. The van der Waals surface area contributed by atoms with Gasteiger partial charge in [0, 0.05) is 88.7 Å². The van der Waals surface area contributed by atoms with Gasteiger partial charge in [0.2, 0.25) is 0 Å². The molecule has 13 aromatic carbocycles. The van der Waals surface area contributed by atoms with Gasteiger partial charge in [-0.05, 0) is 202 Å². The van der Waals surface area contributed by atoms with E-state index in [9.17, 15) is 0 Å². The van der Waals surface area contributed by atoms with Gasteiger partial charge in [-0.3, -0.25) is 0 Å².